The largest absolute Gasteiger partial charge is 0.0616 e. The highest BCUT2D eigenvalue weighted by Gasteiger charge is 2.37. The maximum atomic E-state index is 2.47. The van der Waals surface area contributed by atoms with Gasteiger partial charge in [-0.05, 0) is 104 Å². The molecule has 9 aromatic carbocycles. The van der Waals surface area contributed by atoms with Crippen molar-refractivity contribution in [3.8, 4) is 33.4 Å². The average Bonchev–Trinajstić information content (AvgIpc) is 3.32. The fraction of sp³-hybridized carbons (Fsp3) is 0.0667. The van der Waals surface area contributed by atoms with Crippen LogP contribution in [0.5, 0.6) is 0 Å². The van der Waals surface area contributed by atoms with Gasteiger partial charge in [-0.25, -0.2) is 0 Å². The summed E-state index contributed by atoms with van der Waals surface area (Å²) in [5, 5.41) is 13.2. The summed E-state index contributed by atoms with van der Waals surface area (Å²) < 4.78 is 0. The summed E-state index contributed by atoms with van der Waals surface area (Å²) in [6, 6.07) is 54.6. The van der Waals surface area contributed by atoms with E-state index >= 15 is 0 Å². The molecule has 9 aromatic rings. The SMILES string of the molecule is CC1(C)c2cc(-c3ccc4ccc5cccc6ccc3c4c56)ccc2-c2c1ccc1c(-c3cccc4ccccc34)cccc21. The van der Waals surface area contributed by atoms with Gasteiger partial charge < -0.3 is 0 Å². The van der Waals surface area contributed by atoms with E-state index in [-0.39, 0.29) is 5.41 Å². The molecule has 0 heteroatoms. The van der Waals surface area contributed by atoms with Gasteiger partial charge in [0.25, 0.3) is 0 Å². The van der Waals surface area contributed by atoms with E-state index < -0.39 is 0 Å². The van der Waals surface area contributed by atoms with Gasteiger partial charge in [0.15, 0.2) is 0 Å². The minimum Gasteiger partial charge on any atom is -0.0616 e. The Morgan fingerprint density at radius 2 is 0.956 bits per heavy atom. The van der Waals surface area contributed by atoms with E-state index in [0.717, 1.165) is 0 Å². The number of fused-ring (bicyclic) bond motifs is 6. The fourth-order valence-electron chi connectivity index (χ4n) is 8.44. The van der Waals surface area contributed by atoms with E-state index in [9.17, 15) is 0 Å². The summed E-state index contributed by atoms with van der Waals surface area (Å²) in [6.07, 6.45) is 0. The molecule has 1 aliphatic carbocycles. The molecule has 45 heavy (non-hydrogen) atoms. The van der Waals surface area contributed by atoms with Crippen LogP contribution >= 0.6 is 0 Å². The molecule has 0 N–H and O–H groups in total. The van der Waals surface area contributed by atoms with Crippen LogP contribution in [0.4, 0.5) is 0 Å². The molecule has 0 unspecified atom stereocenters. The average molecular weight is 571 g/mol. The molecule has 0 aromatic heterocycles. The zero-order valence-electron chi connectivity index (χ0n) is 25.4. The first-order chi connectivity index (χ1) is 22.1. The summed E-state index contributed by atoms with van der Waals surface area (Å²) in [4.78, 5) is 0. The van der Waals surface area contributed by atoms with E-state index in [0.29, 0.717) is 0 Å². The van der Waals surface area contributed by atoms with Crippen LogP contribution in [0.1, 0.15) is 25.0 Å². The van der Waals surface area contributed by atoms with Crippen LogP contribution < -0.4 is 0 Å². The van der Waals surface area contributed by atoms with Crippen LogP contribution in [0.2, 0.25) is 0 Å². The molecule has 0 aliphatic heterocycles. The Morgan fingerprint density at radius 1 is 0.356 bits per heavy atom. The van der Waals surface area contributed by atoms with E-state index in [1.54, 1.807) is 0 Å². The lowest BCUT2D eigenvalue weighted by Crippen LogP contribution is -2.15. The number of benzene rings is 9. The molecule has 10 rings (SSSR count). The topological polar surface area (TPSA) is 0 Å². The van der Waals surface area contributed by atoms with Gasteiger partial charge in [0.2, 0.25) is 0 Å². The Morgan fingerprint density at radius 3 is 1.82 bits per heavy atom. The van der Waals surface area contributed by atoms with Gasteiger partial charge in [0.1, 0.15) is 0 Å². The summed E-state index contributed by atoms with van der Waals surface area (Å²) in [5.41, 5.74) is 10.6. The molecule has 0 nitrogen and oxygen atoms in total. The van der Waals surface area contributed by atoms with Gasteiger partial charge in [-0.3, -0.25) is 0 Å². The predicted molar refractivity (Wildman–Crippen MR) is 194 cm³/mol. The first-order valence-electron chi connectivity index (χ1n) is 15.9. The summed E-state index contributed by atoms with van der Waals surface area (Å²) in [5.74, 6) is 0. The molecule has 0 saturated heterocycles. The van der Waals surface area contributed by atoms with Crippen molar-refractivity contribution >= 4 is 53.9 Å². The van der Waals surface area contributed by atoms with E-state index in [1.807, 2.05) is 0 Å². The highest BCUT2D eigenvalue weighted by atomic mass is 14.4. The van der Waals surface area contributed by atoms with Gasteiger partial charge in [-0.15, -0.1) is 0 Å². The molecule has 0 atom stereocenters. The third kappa shape index (κ3) is 3.32. The van der Waals surface area contributed by atoms with Crippen LogP contribution in [0, 0.1) is 0 Å². The molecule has 0 spiro atoms. The fourth-order valence-corrected chi connectivity index (χ4v) is 8.44. The van der Waals surface area contributed by atoms with Crippen molar-refractivity contribution in [2.24, 2.45) is 0 Å². The van der Waals surface area contributed by atoms with Crippen LogP contribution in [0.3, 0.4) is 0 Å². The van der Waals surface area contributed by atoms with Crippen molar-refractivity contribution < 1.29 is 0 Å². The standard InChI is InChI=1S/C45H30/c1-45(2)40-25-24-36-35(34-13-6-9-27-8-3-4-12-32(27)34)14-7-15-37(36)44(40)39-23-20-31(26-41(39)45)33-21-18-30-17-16-28-10-5-11-29-19-22-38(33)43(30)42(28)29/h3-26H,1-2H3. The van der Waals surface area contributed by atoms with Crippen LogP contribution in [0.15, 0.2) is 146 Å². The second-order valence-electron chi connectivity index (χ2n) is 13.3. The monoisotopic (exact) mass is 570 g/mol. The van der Waals surface area contributed by atoms with Gasteiger partial charge in [-0.1, -0.05) is 153 Å². The first-order valence-corrected chi connectivity index (χ1v) is 15.9. The lowest BCUT2D eigenvalue weighted by atomic mass is 9.80. The smallest absolute Gasteiger partial charge is 0.0159 e. The maximum Gasteiger partial charge on any atom is 0.0159 e. The Hall–Kier alpha value is -5.46. The Labute approximate surface area is 262 Å². The summed E-state index contributed by atoms with van der Waals surface area (Å²) in [7, 11) is 0. The molecular weight excluding hydrogens is 540 g/mol. The lowest BCUT2D eigenvalue weighted by molar-refractivity contribution is 0.661. The summed E-state index contributed by atoms with van der Waals surface area (Å²) >= 11 is 0. The number of hydrogen-bond acceptors (Lipinski definition) is 0. The van der Waals surface area contributed by atoms with Crippen molar-refractivity contribution in [3.63, 3.8) is 0 Å². The second kappa shape index (κ2) is 8.80. The third-order valence-corrected chi connectivity index (χ3v) is 10.6. The molecule has 0 saturated carbocycles. The zero-order valence-corrected chi connectivity index (χ0v) is 25.4. The third-order valence-electron chi connectivity index (χ3n) is 10.6. The Balaban J connectivity index is 1.19. The zero-order chi connectivity index (χ0) is 29.9. The second-order valence-corrected chi connectivity index (χ2v) is 13.3. The molecule has 0 heterocycles. The van der Waals surface area contributed by atoms with Gasteiger partial charge in [-0.2, -0.15) is 0 Å². The molecule has 0 amide bonds. The molecule has 1 aliphatic rings. The van der Waals surface area contributed by atoms with Crippen molar-refractivity contribution in [2.75, 3.05) is 0 Å². The normalized spacial score (nSPS) is 13.7. The molecule has 0 fully saturated rings. The quantitative estimate of drug-likeness (QED) is 0.181. The van der Waals surface area contributed by atoms with Crippen molar-refractivity contribution in [3.05, 3.63) is 157 Å². The lowest BCUT2D eigenvalue weighted by Gasteiger charge is -2.23. The Kier molecular flexibility index (Phi) is 4.88. The van der Waals surface area contributed by atoms with Crippen LogP contribution in [0.25, 0.3) is 87.2 Å². The van der Waals surface area contributed by atoms with Crippen molar-refractivity contribution in [1.82, 2.24) is 0 Å². The van der Waals surface area contributed by atoms with E-state index in [4.69, 9.17) is 0 Å². The predicted octanol–water partition coefficient (Wildman–Crippen LogP) is 12.5. The van der Waals surface area contributed by atoms with E-state index in [1.165, 1.54) is 98.4 Å². The van der Waals surface area contributed by atoms with Gasteiger partial charge in [0, 0.05) is 5.41 Å². The highest BCUT2D eigenvalue weighted by molar-refractivity contribution is 6.25. The molecule has 0 radical (unpaired) electrons. The van der Waals surface area contributed by atoms with Crippen molar-refractivity contribution in [1.29, 1.82) is 0 Å². The molecule has 0 bridgehead atoms. The van der Waals surface area contributed by atoms with Gasteiger partial charge in [0.05, 0.1) is 0 Å². The number of rotatable bonds is 2. The number of hydrogen-bond donors (Lipinski definition) is 0. The van der Waals surface area contributed by atoms with Gasteiger partial charge >= 0.3 is 0 Å². The maximum absolute atomic E-state index is 2.47. The first kappa shape index (κ1) is 24.9. The van der Waals surface area contributed by atoms with Crippen LogP contribution in [-0.4, -0.2) is 0 Å². The van der Waals surface area contributed by atoms with Crippen LogP contribution in [-0.2, 0) is 5.41 Å². The van der Waals surface area contributed by atoms with E-state index in [2.05, 4.69) is 159 Å². The summed E-state index contributed by atoms with van der Waals surface area (Å²) in [6.45, 7) is 4.79. The minimum atomic E-state index is -0.103. The van der Waals surface area contributed by atoms with Crippen molar-refractivity contribution in [2.45, 2.75) is 19.3 Å². The molecule has 210 valence electrons. The molecular formula is C45H30. The highest BCUT2D eigenvalue weighted by Crippen LogP contribution is 2.53. The minimum absolute atomic E-state index is 0.103. The Bertz CT molecular complexity index is 2650.